The number of benzene rings is 1. The first kappa shape index (κ1) is 16.4. The fourth-order valence-electron chi connectivity index (χ4n) is 4.14. The zero-order chi connectivity index (χ0) is 16.2. The Bertz CT molecular complexity index is 607. The smallest absolute Gasteiger partial charge is 0.166 e. The number of hydrogen-bond donors (Lipinski definition) is 0. The first-order valence-corrected chi connectivity index (χ1v) is 9.04. The molecular weight excluding hydrogens is 290 g/mol. The normalized spacial score (nSPS) is 22.7. The van der Waals surface area contributed by atoms with E-state index < -0.39 is 11.6 Å². The Labute approximate surface area is 138 Å². The van der Waals surface area contributed by atoms with Crippen molar-refractivity contribution in [3.63, 3.8) is 0 Å². The van der Waals surface area contributed by atoms with Crippen molar-refractivity contribution < 1.29 is 8.78 Å². The molecule has 23 heavy (non-hydrogen) atoms. The maximum Gasteiger partial charge on any atom is 0.166 e. The monoisotopic (exact) mass is 316 g/mol. The summed E-state index contributed by atoms with van der Waals surface area (Å²) < 4.78 is 28.6. The summed E-state index contributed by atoms with van der Waals surface area (Å²) in [5.41, 5.74) is 1.79. The van der Waals surface area contributed by atoms with Crippen LogP contribution in [0, 0.1) is 23.5 Å². The largest absolute Gasteiger partial charge is 0.203 e. The molecule has 3 rings (SSSR count). The maximum atomic E-state index is 14.4. The lowest BCUT2D eigenvalue weighted by molar-refractivity contribution is 0.317. The van der Waals surface area contributed by atoms with Crippen LogP contribution in [0.5, 0.6) is 0 Å². The average Bonchev–Trinajstić information content (AvgIpc) is 3.11. The molecule has 1 unspecified atom stereocenters. The van der Waals surface area contributed by atoms with E-state index in [2.05, 4.69) is 6.08 Å². The van der Waals surface area contributed by atoms with E-state index in [1.807, 2.05) is 13.0 Å². The maximum absolute atomic E-state index is 14.4. The fraction of sp³-hybridized carbons (Fsp3) is 0.524. The van der Waals surface area contributed by atoms with Crippen molar-refractivity contribution in [1.29, 1.82) is 0 Å². The molecule has 1 aromatic carbocycles. The molecule has 0 aliphatic heterocycles. The van der Waals surface area contributed by atoms with Crippen molar-refractivity contribution >= 4 is 11.6 Å². The lowest BCUT2D eigenvalue weighted by Crippen LogP contribution is -2.14. The Hall–Kier alpha value is -1.44. The van der Waals surface area contributed by atoms with Gasteiger partial charge in [0.2, 0.25) is 0 Å². The van der Waals surface area contributed by atoms with Crippen molar-refractivity contribution in [3.8, 4) is 0 Å². The van der Waals surface area contributed by atoms with Crippen molar-refractivity contribution in [3.05, 3.63) is 47.0 Å². The van der Waals surface area contributed by atoms with E-state index in [9.17, 15) is 8.78 Å². The summed E-state index contributed by atoms with van der Waals surface area (Å²) >= 11 is 0. The molecule has 2 heteroatoms. The van der Waals surface area contributed by atoms with E-state index in [0.29, 0.717) is 11.1 Å². The molecule has 2 aliphatic rings. The Kier molecular flexibility index (Phi) is 5.30. The Morgan fingerprint density at radius 1 is 1.04 bits per heavy atom. The van der Waals surface area contributed by atoms with Crippen LogP contribution in [0.15, 0.2) is 24.3 Å². The van der Waals surface area contributed by atoms with Crippen LogP contribution in [0.2, 0.25) is 0 Å². The van der Waals surface area contributed by atoms with Crippen LogP contribution >= 0.6 is 0 Å². The Morgan fingerprint density at radius 2 is 1.83 bits per heavy atom. The van der Waals surface area contributed by atoms with Gasteiger partial charge in [-0.3, -0.25) is 0 Å². The number of halogens is 2. The van der Waals surface area contributed by atoms with Gasteiger partial charge in [0.05, 0.1) is 0 Å². The SMILES string of the molecule is CC/C=C/c1ccc(C2=CCC(C3CCCC3)CC2)c(F)c1F. The van der Waals surface area contributed by atoms with E-state index in [-0.39, 0.29) is 0 Å². The van der Waals surface area contributed by atoms with Crippen molar-refractivity contribution in [2.24, 2.45) is 11.8 Å². The second-order valence-corrected chi connectivity index (χ2v) is 6.95. The van der Waals surface area contributed by atoms with Gasteiger partial charge in [-0.25, -0.2) is 8.78 Å². The fourth-order valence-corrected chi connectivity index (χ4v) is 4.14. The van der Waals surface area contributed by atoms with Gasteiger partial charge in [-0.2, -0.15) is 0 Å². The van der Waals surface area contributed by atoms with Crippen molar-refractivity contribution in [1.82, 2.24) is 0 Å². The van der Waals surface area contributed by atoms with E-state index in [4.69, 9.17) is 0 Å². The predicted octanol–water partition coefficient (Wildman–Crippen LogP) is 6.76. The minimum atomic E-state index is -0.717. The summed E-state index contributed by atoms with van der Waals surface area (Å²) in [5, 5.41) is 0. The molecule has 1 saturated carbocycles. The number of allylic oxidation sites excluding steroid dienone is 3. The third-order valence-corrected chi connectivity index (χ3v) is 5.51. The van der Waals surface area contributed by atoms with E-state index >= 15 is 0 Å². The van der Waals surface area contributed by atoms with Crippen LogP contribution in [0.3, 0.4) is 0 Å². The van der Waals surface area contributed by atoms with Gasteiger partial charge in [0.15, 0.2) is 11.6 Å². The quantitative estimate of drug-likeness (QED) is 0.575. The molecule has 124 valence electrons. The Balaban J connectivity index is 1.77. The molecule has 0 N–H and O–H groups in total. The molecule has 0 spiro atoms. The average molecular weight is 316 g/mol. The standard InChI is InChI=1S/C21H26F2/c1-2-3-6-18-13-14-19(21(23)20(18)22)17-11-9-16(10-12-17)15-7-4-5-8-15/h3,6,11,13-16H,2,4-5,7-10,12H2,1H3/b6-3+. The predicted molar refractivity (Wildman–Crippen MR) is 93.0 cm³/mol. The number of rotatable bonds is 4. The van der Waals surface area contributed by atoms with Crippen molar-refractivity contribution in [2.45, 2.75) is 58.3 Å². The molecule has 1 atom stereocenters. The first-order chi connectivity index (χ1) is 11.2. The van der Waals surface area contributed by atoms with E-state index in [0.717, 1.165) is 43.1 Å². The molecule has 0 saturated heterocycles. The topological polar surface area (TPSA) is 0 Å². The summed E-state index contributed by atoms with van der Waals surface area (Å²) in [4.78, 5) is 0. The zero-order valence-electron chi connectivity index (χ0n) is 14.0. The molecule has 1 aromatic rings. The van der Waals surface area contributed by atoms with Crippen LogP contribution in [0.4, 0.5) is 8.78 Å². The molecule has 0 heterocycles. The lowest BCUT2D eigenvalue weighted by atomic mass is 9.78. The lowest BCUT2D eigenvalue weighted by Gasteiger charge is -2.27. The first-order valence-electron chi connectivity index (χ1n) is 9.04. The molecule has 0 nitrogen and oxygen atoms in total. The van der Waals surface area contributed by atoms with Crippen LogP contribution in [-0.4, -0.2) is 0 Å². The minimum Gasteiger partial charge on any atom is -0.203 e. The molecule has 0 bridgehead atoms. The second kappa shape index (κ2) is 7.42. The van der Waals surface area contributed by atoms with Gasteiger partial charge in [-0.15, -0.1) is 0 Å². The third kappa shape index (κ3) is 3.57. The highest BCUT2D eigenvalue weighted by atomic mass is 19.2. The molecular formula is C21H26F2. The van der Waals surface area contributed by atoms with Gasteiger partial charge in [0.25, 0.3) is 0 Å². The molecule has 0 amide bonds. The van der Waals surface area contributed by atoms with Crippen LogP contribution in [0.25, 0.3) is 11.6 Å². The minimum absolute atomic E-state index is 0.341. The summed E-state index contributed by atoms with van der Waals surface area (Å²) in [6.45, 7) is 1.98. The molecule has 1 fully saturated rings. The summed E-state index contributed by atoms with van der Waals surface area (Å²) in [6.07, 6.45) is 15.0. The molecule has 2 aliphatic carbocycles. The highest BCUT2D eigenvalue weighted by Crippen LogP contribution is 2.41. The highest BCUT2D eigenvalue weighted by molar-refractivity contribution is 5.68. The van der Waals surface area contributed by atoms with Crippen molar-refractivity contribution in [2.75, 3.05) is 0 Å². The van der Waals surface area contributed by atoms with E-state index in [1.165, 1.54) is 25.7 Å². The van der Waals surface area contributed by atoms with Crippen LogP contribution in [0.1, 0.15) is 69.4 Å². The van der Waals surface area contributed by atoms with Gasteiger partial charge in [0.1, 0.15) is 0 Å². The highest BCUT2D eigenvalue weighted by Gasteiger charge is 2.27. The Morgan fingerprint density at radius 3 is 2.48 bits per heavy atom. The van der Waals surface area contributed by atoms with E-state index in [1.54, 1.807) is 18.2 Å². The van der Waals surface area contributed by atoms with Crippen LogP contribution in [-0.2, 0) is 0 Å². The van der Waals surface area contributed by atoms with Gasteiger partial charge in [0, 0.05) is 11.1 Å². The molecule has 0 aromatic heterocycles. The second-order valence-electron chi connectivity index (χ2n) is 6.95. The third-order valence-electron chi connectivity index (χ3n) is 5.51. The van der Waals surface area contributed by atoms with Gasteiger partial charge < -0.3 is 0 Å². The van der Waals surface area contributed by atoms with Gasteiger partial charge >= 0.3 is 0 Å². The zero-order valence-corrected chi connectivity index (χ0v) is 14.0. The van der Waals surface area contributed by atoms with Crippen LogP contribution < -0.4 is 0 Å². The summed E-state index contributed by atoms with van der Waals surface area (Å²) in [6, 6.07) is 3.44. The van der Waals surface area contributed by atoms with Gasteiger partial charge in [-0.1, -0.05) is 63.0 Å². The molecule has 0 radical (unpaired) electrons. The number of hydrogen-bond acceptors (Lipinski definition) is 0. The van der Waals surface area contributed by atoms with Gasteiger partial charge in [-0.05, 0) is 43.1 Å². The summed E-state index contributed by atoms with van der Waals surface area (Å²) in [5.74, 6) is 0.205. The summed E-state index contributed by atoms with van der Waals surface area (Å²) in [7, 11) is 0.